The molecule has 0 aliphatic carbocycles. The molecule has 12 aromatic rings. The van der Waals surface area contributed by atoms with E-state index in [0.29, 0.717) is 98.6 Å². The number of carboxylic acids is 1. The number of thiazole rings is 2. The van der Waals surface area contributed by atoms with E-state index in [9.17, 15) is 69.9 Å². The number of alkyl halides is 1. The number of hydrogen-bond donors (Lipinski definition) is 6. The van der Waals surface area contributed by atoms with Crippen LogP contribution in [-0.4, -0.2) is 232 Å². The number of aliphatic hydroxyl groups is 1. The van der Waals surface area contributed by atoms with Crippen molar-refractivity contribution in [2.45, 2.75) is 52.1 Å². The maximum atomic E-state index is 13.3. The van der Waals surface area contributed by atoms with Crippen LogP contribution in [0.3, 0.4) is 0 Å². The number of ketones is 2. The summed E-state index contributed by atoms with van der Waals surface area (Å²) in [5.41, 5.74) is 15.9. The van der Waals surface area contributed by atoms with Crippen molar-refractivity contribution >= 4 is 133 Å². The number of benzene rings is 8. The molecule has 31 nitrogen and oxygen atoms in total. The fourth-order valence-electron chi connectivity index (χ4n) is 14.6. The Balaban J connectivity index is 0.000000166. The number of amides is 6. The third-order valence-corrected chi connectivity index (χ3v) is 22.8. The normalized spacial score (nSPS) is 14.7. The van der Waals surface area contributed by atoms with E-state index >= 15 is 0 Å². The number of aliphatic hydroxyl groups excluding tert-OH is 1. The Morgan fingerprint density at radius 2 is 0.863 bits per heavy atom. The first kappa shape index (κ1) is 98.3. The monoisotopic (exact) mass is 1840 g/mol. The van der Waals surface area contributed by atoms with Gasteiger partial charge in [-0.05, 0) is 207 Å². The first-order valence-corrected chi connectivity index (χ1v) is 42.3. The molecule has 7 aliphatic rings. The van der Waals surface area contributed by atoms with Crippen LogP contribution in [0.25, 0.3) is 5.90 Å². The predicted molar refractivity (Wildman–Crippen MR) is 481 cm³/mol. The van der Waals surface area contributed by atoms with Gasteiger partial charge in [0.2, 0.25) is 17.7 Å². The molecular formula is C92H92F5N18NaO13S2. The summed E-state index contributed by atoms with van der Waals surface area (Å²) in [6.07, 6.45) is 13.1. The number of nitrogen functional groups attached to an aromatic ring is 1. The summed E-state index contributed by atoms with van der Waals surface area (Å²) in [5.74, 6) is 2.00. The number of aromatic nitrogens is 6. The number of likely N-dealkylation sites (tertiary alicyclic amines) is 1. The van der Waals surface area contributed by atoms with Crippen molar-refractivity contribution in [3.05, 3.63) is 309 Å². The number of nitrogens with zero attached hydrogens (tertiary/aromatic N) is 14. The fourth-order valence-corrected chi connectivity index (χ4v) is 15.8. The second-order valence-corrected chi connectivity index (χ2v) is 31.4. The number of fused-ring (bicyclic) bond motifs is 3. The van der Waals surface area contributed by atoms with Crippen molar-refractivity contribution in [2.24, 2.45) is 0 Å². The summed E-state index contributed by atoms with van der Waals surface area (Å²) in [6.45, 7) is 14.9. The minimum Gasteiger partial charge on any atom is -0.553 e. The number of nitrogens with one attached hydrogen (secondary N) is 3. The standard InChI is InChI=1S/C26H24FN5O3S.C16H12FNO2.C15H10FNO3.C14H13FN2O.C11H16N4OS.C7H6N4O.C2H6O.CH3F.H2NO.Na/c27-19-2-4-20(5-3-19)32-22-6-1-17(13-18(22)14-23(32)33)25(34)31-15-21(16-31)29-8-10-30(11-9-29)26(35)24-28-7-12-36-24;1-10(19)11-2-7-15-12(8-11)9-16(20)18(15)14-5-3-13(17)4-6-14;16-11-2-4-12(5-3-11)17-13-6-1-9(15(19)20)7-10(13)8-14(17)18;1-9(18)10-2-7-14(13(16)8-10)17-12-5-3-11(15)4-6-12;16-11(10-13-1-6-17-10)15-4-2-14(3-5-15)9-7-12-8-9;12-7(10-3-1-8-5-10)11-4-2-9-6-11;1-2-3;2*1-2;/h1-7,12-13,21H,8-11,14-16H2;2-8H,9H2,1H3;1-7H,8H2,(H,19,20);2-8,17H,16H2,1H3;1,6,9,12H,2-5,7-8H2;1-6H;3H,2H2,1H3;1H3;1-2H;/q;;;;;;;;-1;+1/i;;;;;;;1D;;. The summed E-state index contributed by atoms with van der Waals surface area (Å²) in [4.78, 5) is 150. The van der Waals surface area contributed by atoms with E-state index in [2.05, 4.69) is 40.4 Å². The summed E-state index contributed by atoms with van der Waals surface area (Å²) in [6, 6.07) is 44.2. The fraction of sp³-hybridized carbons (Fsp3) is 0.239. The van der Waals surface area contributed by atoms with Gasteiger partial charge in [0.15, 0.2) is 21.6 Å². The summed E-state index contributed by atoms with van der Waals surface area (Å²) in [5, 5.41) is 33.9. The van der Waals surface area contributed by atoms with Gasteiger partial charge >= 0.3 is 41.6 Å². The zero-order chi connectivity index (χ0) is 94.0. The number of carbonyl (C=O) groups is 10. The number of nitrogens with two attached hydrogens (primary N) is 1. The first-order chi connectivity index (χ1) is 63.2. The Kier molecular flexibility index (Phi) is 35.9. The molecule has 7 aliphatic heterocycles. The molecule has 19 rings (SSSR count). The zero-order valence-corrected chi connectivity index (χ0v) is 75.2. The Hall–Kier alpha value is -13.3. The van der Waals surface area contributed by atoms with Crippen LogP contribution in [-0.2, 0) is 33.6 Å². The van der Waals surface area contributed by atoms with E-state index < -0.39 is 13.1 Å². The van der Waals surface area contributed by atoms with E-state index in [4.69, 9.17) is 28.4 Å². The molecule has 6 amide bonds. The second kappa shape index (κ2) is 47.9. The number of rotatable bonds is 13. The second-order valence-electron chi connectivity index (χ2n) is 29.6. The van der Waals surface area contributed by atoms with Crippen molar-refractivity contribution in [1.82, 2.24) is 58.9 Å². The average Bonchev–Trinajstić information content (AvgIpc) is 1.46. The molecule has 0 radical (unpaired) electrons. The van der Waals surface area contributed by atoms with Gasteiger partial charge in [-0.3, -0.25) is 76.4 Å². The van der Waals surface area contributed by atoms with E-state index in [1.165, 1.54) is 136 Å². The van der Waals surface area contributed by atoms with Gasteiger partial charge in [-0.25, -0.2) is 47.1 Å². The minimum absolute atomic E-state index is 0. The van der Waals surface area contributed by atoms with E-state index in [1.807, 2.05) is 25.5 Å². The quantitative estimate of drug-likeness (QED) is 0.0205. The maximum absolute atomic E-state index is 13.3. The maximum Gasteiger partial charge on any atom is 1.00 e. The van der Waals surface area contributed by atoms with Gasteiger partial charge in [0.1, 0.15) is 35.9 Å². The Bertz CT molecular complexity index is 5760. The third-order valence-electron chi connectivity index (χ3n) is 21.3. The van der Waals surface area contributed by atoms with Crippen LogP contribution < -0.4 is 60.6 Å². The average molecular weight is 1840 g/mol. The van der Waals surface area contributed by atoms with Crippen molar-refractivity contribution in [2.75, 3.05) is 118 Å². The van der Waals surface area contributed by atoms with Crippen LogP contribution in [0.1, 0.15) is 99.9 Å². The predicted octanol–water partition coefficient (Wildman–Crippen LogP) is 10.6. The van der Waals surface area contributed by atoms with Gasteiger partial charge in [0, 0.05) is 185 Å². The molecule has 8 N–H and O–H groups in total. The van der Waals surface area contributed by atoms with E-state index in [-0.39, 0.29) is 143 Å². The smallest absolute Gasteiger partial charge is 0.553 e. The number of halogens is 5. The van der Waals surface area contributed by atoms with E-state index in [0.717, 1.165) is 80.5 Å². The minimum atomic E-state index is -1.03. The molecule has 4 fully saturated rings. The first-order valence-electron chi connectivity index (χ1n) is 41.3. The molecule has 4 aromatic heterocycles. The molecular weight excluding hydrogens is 1750 g/mol. The topological polar surface area (TPSA) is 393 Å². The SMILES string of the molecule is CC(=O)c1ccc(Nc2ccc(F)cc2)c(N)c1.CC(=O)c1ccc2c(c1)CC(=O)N2c1ccc(F)cc1.CCO.O=C(O)c1ccc2c(c1)CC(=O)N2c1ccc(F)cc1.O=C(c1ccc2c(c1)CC(=O)N2c1ccc(F)cc1)N1CC(N2CCN(C(=O)c3nccs3)CC2)C1.O=C(c1nccs1)N1CCN(C2CNC2)CC1.O=C(n1ccnc1)n1ccnc1.[2H]CF.[NH-]O.[Na+]. The number of carboxylic acid groups (broad SMARTS) is 1. The molecule has 8 aromatic carbocycles. The van der Waals surface area contributed by atoms with Gasteiger partial charge in [0.25, 0.3) is 17.7 Å². The van der Waals surface area contributed by atoms with Crippen molar-refractivity contribution in [3.8, 4) is 0 Å². The molecule has 0 unspecified atom stereocenters. The van der Waals surface area contributed by atoms with Gasteiger partial charge in [-0.15, -0.1) is 22.7 Å². The van der Waals surface area contributed by atoms with Gasteiger partial charge in [-0.1, -0.05) is 0 Å². The number of anilines is 9. The molecule has 0 spiro atoms. The van der Waals surface area contributed by atoms with Crippen molar-refractivity contribution in [1.29, 1.82) is 0 Å². The van der Waals surface area contributed by atoms with E-state index in [1.54, 1.807) is 151 Å². The van der Waals surface area contributed by atoms with Gasteiger partial charge in [0.05, 0.1) is 61.8 Å². The number of piperazine rings is 2. The van der Waals surface area contributed by atoms with Crippen LogP contribution in [0.15, 0.2) is 230 Å². The Morgan fingerprint density at radius 3 is 1.21 bits per heavy atom. The Morgan fingerprint density at radius 1 is 0.504 bits per heavy atom. The molecule has 39 heteroatoms. The van der Waals surface area contributed by atoms with Crippen LogP contribution in [0.4, 0.5) is 77.9 Å². The number of imidazole rings is 2. The molecule has 0 atom stereocenters. The molecule has 0 bridgehead atoms. The number of Topliss-reactive ketones (excluding diaryl/α,β-unsaturated/α-hetero) is 2. The van der Waals surface area contributed by atoms with Crippen LogP contribution in [0.2, 0.25) is 0 Å². The summed E-state index contributed by atoms with van der Waals surface area (Å²) < 4.78 is 70.2. The van der Waals surface area contributed by atoms with Gasteiger partial charge in [-0.2, -0.15) is 0 Å². The summed E-state index contributed by atoms with van der Waals surface area (Å²) >= 11 is 2.78. The third kappa shape index (κ3) is 25.7. The zero-order valence-electron chi connectivity index (χ0n) is 72.6. The molecule has 0 saturated carbocycles. The number of hydrogen-bond acceptors (Lipinski definition) is 23. The van der Waals surface area contributed by atoms with Gasteiger partial charge < -0.3 is 52.4 Å². The van der Waals surface area contributed by atoms with Crippen LogP contribution in [0, 0.1) is 23.3 Å². The number of carbonyl (C=O) groups excluding carboxylic acids is 9. The Labute approximate surface area is 781 Å². The molecule has 4 saturated heterocycles. The summed E-state index contributed by atoms with van der Waals surface area (Å²) in [7, 11) is -1.00. The van der Waals surface area contributed by atoms with Crippen molar-refractivity contribution < 1.29 is 116 Å². The van der Waals surface area contributed by atoms with Crippen LogP contribution >= 0.6 is 22.7 Å². The molecule has 676 valence electrons. The largest absolute Gasteiger partial charge is 1.00 e. The molecule has 11 heterocycles. The number of aromatic carboxylic acids is 1. The van der Waals surface area contributed by atoms with Crippen molar-refractivity contribution in [3.63, 3.8) is 0 Å². The van der Waals surface area contributed by atoms with Crippen LogP contribution in [0.5, 0.6) is 0 Å². The molecule has 131 heavy (non-hydrogen) atoms.